The maximum absolute atomic E-state index is 9.00. The maximum atomic E-state index is 9.00. The third-order valence-electron chi connectivity index (χ3n) is 2.52. The van der Waals surface area contributed by atoms with Crippen molar-refractivity contribution in [1.29, 1.82) is 5.26 Å². The largest absolute Gasteiger partial charge is 0.384 e. The van der Waals surface area contributed by atoms with Crippen molar-refractivity contribution in [3.63, 3.8) is 0 Å². The summed E-state index contributed by atoms with van der Waals surface area (Å²) < 4.78 is 0.941. The average Bonchev–Trinajstić information content (AvgIpc) is 2.27. The Bertz CT molecular complexity index is 382. The Morgan fingerprint density at radius 1 is 1.50 bits per heavy atom. The summed E-state index contributed by atoms with van der Waals surface area (Å²) in [5.41, 5.74) is 1.62. The van der Waals surface area contributed by atoms with Gasteiger partial charge in [0.2, 0.25) is 0 Å². The van der Waals surface area contributed by atoms with Crippen LogP contribution in [0.5, 0.6) is 0 Å². The summed E-state index contributed by atoms with van der Waals surface area (Å²) in [5, 5.41) is 12.3. The summed E-state index contributed by atoms with van der Waals surface area (Å²) in [6, 6.07) is 7.94. The van der Waals surface area contributed by atoms with Gasteiger partial charge in [0, 0.05) is 11.0 Å². The number of nitrogens with zero attached hydrogens (tertiary/aromatic N) is 1. The summed E-state index contributed by atoms with van der Waals surface area (Å²) in [6.45, 7) is 5.34. The Morgan fingerprint density at radius 3 is 2.88 bits per heavy atom. The number of anilines is 1. The van der Waals surface area contributed by atoms with Crippen LogP contribution in [0, 0.1) is 17.2 Å². The predicted octanol–water partition coefficient (Wildman–Crippen LogP) is 4.17. The van der Waals surface area contributed by atoms with Crippen molar-refractivity contribution >= 4 is 21.6 Å². The van der Waals surface area contributed by atoms with Crippen LogP contribution >= 0.6 is 15.9 Å². The maximum Gasteiger partial charge on any atom is 0.101 e. The van der Waals surface area contributed by atoms with E-state index in [0.717, 1.165) is 16.7 Å². The fourth-order valence-corrected chi connectivity index (χ4v) is 2.00. The van der Waals surface area contributed by atoms with Crippen molar-refractivity contribution in [2.75, 3.05) is 11.9 Å². The molecule has 0 radical (unpaired) electrons. The molecule has 0 aliphatic heterocycles. The Morgan fingerprint density at radius 2 is 2.25 bits per heavy atom. The molecule has 0 aliphatic rings. The summed E-state index contributed by atoms with van der Waals surface area (Å²) in [7, 11) is 0. The zero-order valence-corrected chi connectivity index (χ0v) is 11.3. The van der Waals surface area contributed by atoms with E-state index in [9.17, 15) is 0 Å². The normalized spacial score (nSPS) is 11.9. The molecule has 1 unspecified atom stereocenters. The van der Waals surface area contributed by atoms with Gasteiger partial charge in [-0.3, -0.25) is 0 Å². The van der Waals surface area contributed by atoms with Gasteiger partial charge in [-0.15, -0.1) is 0 Å². The van der Waals surface area contributed by atoms with Gasteiger partial charge in [-0.1, -0.05) is 36.2 Å². The van der Waals surface area contributed by atoms with E-state index in [2.05, 4.69) is 41.2 Å². The molecule has 86 valence electrons. The second kappa shape index (κ2) is 6.55. The van der Waals surface area contributed by atoms with Gasteiger partial charge in [-0.2, -0.15) is 5.26 Å². The van der Waals surface area contributed by atoms with Gasteiger partial charge in [0.15, 0.2) is 0 Å². The van der Waals surface area contributed by atoms with Crippen molar-refractivity contribution in [2.45, 2.75) is 26.7 Å². The number of rotatable bonds is 5. The minimum atomic E-state index is 0.639. The van der Waals surface area contributed by atoms with Crippen LogP contribution in [0.15, 0.2) is 22.7 Å². The van der Waals surface area contributed by atoms with Gasteiger partial charge < -0.3 is 5.32 Å². The number of halogens is 1. The molecule has 0 aromatic heterocycles. The summed E-state index contributed by atoms with van der Waals surface area (Å²) in [5.74, 6) is 0.639. The Hall–Kier alpha value is -1.01. The minimum absolute atomic E-state index is 0.639. The zero-order chi connectivity index (χ0) is 12.0. The smallest absolute Gasteiger partial charge is 0.101 e. The predicted molar refractivity (Wildman–Crippen MR) is 71.4 cm³/mol. The van der Waals surface area contributed by atoms with Crippen LogP contribution in [-0.4, -0.2) is 6.54 Å². The van der Waals surface area contributed by atoms with Crippen LogP contribution in [0.1, 0.15) is 32.3 Å². The zero-order valence-electron chi connectivity index (χ0n) is 9.76. The third-order valence-corrected chi connectivity index (χ3v) is 3.02. The lowest BCUT2D eigenvalue weighted by Gasteiger charge is -2.13. The van der Waals surface area contributed by atoms with Crippen molar-refractivity contribution in [3.05, 3.63) is 28.2 Å². The number of benzene rings is 1. The quantitative estimate of drug-likeness (QED) is 0.879. The van der Waals surface area contributed by atoms with Gasteiger partial charge in [0.05, 0.1) is 11.3 Å². The molecule has 0 fully saturated rings. The molecule has 16 heavy (non-hydrogen) atoms. The molecule has 1 aromatic carbocycles. The van der Waals surface area contributed by atoms with Crippen LogP contribution in [0.2, 0.25) is 0 Å². The van der Waals surface area contributed by atoms with Crippen LogP contribution in [0.4, 0.5) is 5.69 Å². The van der Waals surface area contributed by atoms with E-state index in [4.69, 9.17) is 5.26 Å². The van der Waals surface area contributed by atoms with Gasteiger partial charge in [-0.05, 0) is 30.5 Å². The van der Waals surface area contributed by atoms with Crippen molar-refractivity contribution in [1.82, 2.24) is 0 Å². The molecule has 3 heteroatoms. The highest BCUT2D eigenvalue weighted by Crippen LogP contribution is 2.20. The molecule has 0 aliphatic carbocycles. The molecule has 2 nitrogen and oxygen atoms in total. The fourth-order valence-electron chi connectivity index (χ4n) is 1.64. The molecule has 0 amide bonds. The molecule has 0 saturated heterocycles. The number of nitriles is 1. The van der Waals surface area contributed by atoms with Gasteiger partial charge in [0.25, 0.3) is 0 Å². The first kappa shape index (κ1) is 13.1. The van der Waals surface area contributed by atoms with E-state index in [-0.39, 0.29) is 0 Å². The van der Waals surface area contributed by atoms with Crippen LogP contribution in [-0.2, 0) is 0 Å². The highest BCUT2D eigenvalue weighted by Gasteiger charge is 2.04. The molecule has 1 rings (SSSR count). The van der Waals surface area contributed by atoms with E-state index in [0.29, 0.717) is 11.5 Å². The molecule has 0 saturated carbocycles. The highest BCUT2D eigenvalue weighted by atomic mass is 79.9. The van der Waals surface area contributed by atoms with E-state index < -0.39 is 0 Å². The van der Waals surface area contributed by atoms with Crippen molar-refractivity contribution in [3.8, 4) is 6.07 Å². The first-order valence-electron chi connectivity index (χ1n) is 5.61. The van der Waals surface area contributed by atoms with Crippen LogP contribution in [0.25, 0.3) is 0 Å². The molecule has 0 spiro atoms. The topological polar surface area (TPSA) is 35.8 Å². The first-order valence-corrected chi connectivity index (χ1v) is 6.40. The average molecular weight is 281 g/mol. The lowest BCUT2D eigenvalue weighted by Crippen LogP contribution is -2.11. The second-order valence-electron chi connectivity index (χ2n) is 4.08. The lowest BCUT2D eigenvalue weighted by atomic mass is 10.1. The minimum Gasteiger partial charge on any atom is -0.384 e. The highest BCUT2D eigenvalue weighted by molar-refractivity contribution is 9.10. The molecule has 1 N–H and O–H groups in total. The van der Waals surface area contributed by atoms with E-state index in [1.54, 1.807) is 0 Å². The van der Waals surface area contributed by atoms with Gasteiger partial charge >= 0.3 is 0 Å². The molecule has 1 aromatic rings. The Balaban J connectivity index is 2.64. The van der Waals surface area contributed by atoms with E-state index in [1.807, 2.05) is 18.2 Å². The summed E-state index contributed by atoms with van der Waals surface area (Å²) in [6.07, 6.45) is 2.42. The van der Waals surface area contributed by atoms with Gasteiger partial charge in [-0.25, -0.2) is 0 Å². The Kier molecular flexibility index (Phi) is 5.34. The van der Waals surface area contributed by atoms with Crippen LogP contribution < -0.4 is 5.32 Å². The van der Waals surface area contributed by atoms with Crippen LogP contribution in [0.3, 0.4) is 0 Å². The summed E-state index contributed by atoms with van der Waals surface area (Å²) >= 11 is 3.36. The first-order chi connectivity index (χ1) is 7.67. The number of nitrogens with one attached hydrogen (secondary N) is 1. The molecule has 1 atom stereocenters. The summed E-state index contributed by atoms with van der Waals surface area (Å²) in [4.78, 5) is 0. The van der Waals surface area contributed by atoms with E-state index >= 15 is 0 Å². The SMILES string of the molecule is CCCC(C)CNc1ccc(Br)cc1C#N. The monoisotopic (exact) mass is 280 g/mol. The van der Waals surface area contributed by atoms with Gasteiger partial charge in [0.1, 0.15) is 6.07 Å². The fraction of sp³-hybridized carbons (Fsp3) is 0.462. The lowest BCUT2D eigenvalue weighted by molar-refractivity contribution is 0.551. The van der Waals surface area contributed by atoms with E-state index in [1.165, 1.54) is 12.8 Å². The van der Waals surface area contributed by atoms with Crippen molar-refractivity contribution < 1.29 is 0 Å². The molecular formula is C13H17BrN2. The second-order valence-corrected chi connectivity index (χ2v) is 4.99. The standard InChI is InChI=1S/C13H17BrN2/c1-3-4-10(2)9-16-13-6-5-12(14)7-11(13)8-15/h5-7,10,16H,3-4,9H2,1-2H3. The number of hydrogen-bond acceptors (Lipinski definition) is 2. The van der Waals surface area contributed by atoms with Crippen molar-refractivity contribution in [2.24, 2.45) is 5.92 Å². The number of hydrogen-bond donors (Lipinski definition) is 1. The molecule has 0 bridgehead atoms. The Labute approximate surface area is 106 Å². The molecule has 0 heterocycles. The molecular weight excluding hydrogens is 264 g/mol. The third kappa shape index (κ3) is 3.86.